The second-order valence-electron chi connectivity index (χ2n) is 2.37. The average Bonchev–Trinajstić information content (AvgIpc) is 2.15. The summed E-state index contributed by atoms with van der Waals surface area (Å²) in [4.78, 5) is 0. The van der Waals surface area contributed by atoms with Crippen molar-refractivity contribution in [1.29, 1.82) is 0 Å². The molecule has 2 nitrogen and oxygen atoms in total. The Morgan fingerprint density at radius 1 is 1.40 bits per heavy atom. The van der Waals surface area contributed by atoms with Crippen molar-refractivity contribution < 1.29 is 0 Å². The summed E-state index contributed by atoms with van der Waals surface area (Å²) in [5.74, 6) is 0. The van der Waals surface area contributed by atoms with Crippen molar-refractivity contribution in [1.82, 2.24) is 10.6 Å². The normalized spacial score (nSPS) is 28.0. The summed E-state index contributed by atoms with van der Waals surface area (Å²) in [6.07, 6.45) is 2.28. The Bertz CT molecular complexity index is 136. The SMILES string of the molecule is C1=C2CNCC2NC1.Cl.Cl. The smallest absolute Gasteiger partial charge is 0.0421 e. The van der Waals surface area contributed by atoms with E-state index in [1.807, 2.05) is 0 Å². The van der Waals surface area contributed by atoms with Crippen LogP contribution in [0.4, 0.5) is 0 Å². The van der Waals surface area contributed by atoms with Crippen LogP contribution in [0.3, 0.4) is 0 Å². The zero-order valence-electron chi connectivity index (χ0n) is 5.59. The summed E-state index contributed by atoms with van der Waals surface area (Å²) < 4.78 is 0. The topological polar surface area (TPSA) is 24.1 Å². The molecule has 2 aliphatic rings. The number of rotatable bonds is 0. The van der Waals surface area contributed by atoms with Crippen LogP contribution in [-0.4, -0.2) is 25.7 Å². The number of fused-ring (bicyclic) bond motifs is 1. The number of hydrogen-bond acceptors (Lipinski definition) is 2. The first kappa shape index (κ1) is 10.2. The molecule has 0 saturated carbocycles. The van der Waals surface area contributed by atoms with Crippen molar-refractivity contribution in [2.75, 3.05) is 19.6 Å². The second-order valence-corrected chi connectivity index (χ2v) is 2.37. The van der Waals surface area contributed by atoms with E-state index in [2.05, 4.69) is 16.7 Å². The molecule has 2 heterocycles. The Labute approximate surface area is 73.3 Å². The summed E-state index contributed by atoms with van der Waals surface area (Å²) in [7, 11) is 0. The fourth-order valence-electron chi connectivity index (χ4n) is 1.37. The number of nitrogens with one attached hydrogen (secondary N) is 2. The molecule has 0 radical (unpaired) electrons. The van der Waals surface area contributed by atoms with Crippen LogP contribution in [0.25, 0.3) is 0 Å². The third-order valence-corrected chi connectivity index (χ3v) is 1.85. The predicted molar refractivity (Wildman–Crippen MR) is 47.2 cm³/mol. The van der Waals surface area contributed by atoms with E-state index in [1.165, 1.54) is 0 Å². The average molecular weight is 183 g/mol. The van der Waals surface area contributed by atoms with Crippen molar-refractivity contribution in [3.8, 4) is 0 Å². The standard InChI is InChI=1S/C6H10N2.2ClH/c1-2-8-6-4-7-3-5(1)6;;/h1,6-8H,2-4H2;2*1H. The van der Waals surface area contributed by atoms with Crippen LogP contribution in [0.15, 0.2) is 11.6 Å². The van der Waals surface area contributed by atoms with Gasteiger partial charge in [-0.15, -0.1) is 24.8 Å². The van der Waals surface area contributed by atoms with Gasteiger partial charge in [0.15, 0.2) is 0 Å². The van der Waals surface area contributed by atoms with Crippen molar-refractivity contribution in [3.05, 3.63) is 11.6 Å². The van der Waals surface area contributed by atoms with E-state index in [1.54, 1.807) is 5.57 Å². The van der Waals surface area contributed by atoms with Crippen molar-refractivity contribution in [2.24, 2.45) is 0 Å². The highest BCUT2D eigenvalue weighted by atomic mass is 35.5. The van der Waals surface area contributed by atoms with Crippen LogP contribution < -0.4 is 10.6 Å². The summed E-state index contributed by atoms with van der Waals surface area (Å²) in [5, 5.41) is 6.66. The fourth-order valence-corrected chi connectivity index (χ4v) is 1.37. The lowest BCUT2D eigenvalue weighted by molar-refractivity contribution is 0.663. The first-order valence-electron chi connectivity index (χ1n) is 3.10. The summed E-state index contributed by atoms with van der Waals surface area (Å²) in [5.41, 5.74) is 1.56. The maximum Gasteiger partial charge on any atom is 0.0421 e. The van der Waals surface area contributed by atoms with Crippen LogP contribution in [0, 0.1) is 0 Å². The van der Waals surface area contributed by atoms with E-state index >= 15 is 0 Å². The third kappa shape index (κ3) is 1.64. The quantitative estimate of drug-likeness (QED) is 0.529. The Kier molecular flexibility index (Phi) is 4.29. The molecule has 0 aromatic rings. The van der Waals surface area contributed by atoms with Gasteiger partial charge in [0.2, 0.25) is 0 Å². The lowest BCUT2D eigenvalue weighted by atomic mass is 10.2. The molecule has 0 bridgehead atoms. The lowest BCUT2D eigenvalue weighted by Crippen LogP contribution is -2.27. The van der Waals surface area contributed by atoms with Gasteiger partial charge in [-0.25, -0.2) is 0 Å². The van der Waals surface area contributed by atoms with Gasteiger partial charge in [0.25, 0.3) is 0 Å². The van der Waals surface area contributed by atoms with Crippen LogP contribution in [0.2, 0.25) is 0 Å². The minimum atomic E-state index is 0. The van der Waals surface area contributed by atoms with Gasteiger partial charge in [-0.3, -0.25) is 0 Å². The Morgan fingerprint density at radius 2 is 2.20 bits per heavy atom. The molecular weight excluding hydrogens is 171 g/mol. The second kappa shape index (κ2) is 4.19. The molecular formula is C6H12Cl2N2. The van der Waals surface area contributed by atoms with Gasteiger partial charge in [0, 0.05) is 25.7 Å². The van der Waals surface area contributed by atoms with E-state index in [4.69, 9.17) is 0 Å². The van der Waals surface area contributed by atoms with Crippen LogP contribution in [-0.2, 0) is 0 Å². The van der Waals surface area contributed by atoms with Crippen molar-refractivity contribution in [2.45, 2.75) is 6.04 Å². The Balaban J connectivity index is 0.000000405. The minimum absolute atomic E-state index is 0. The molecule has 10 heavy (non-hydrogen) atoms. The molecule has 1 unspecified atom stereocenters. The molecule has 2 N–H and O–H groups in total. The molecule has 2 rings (SSSR count). The van der Waals surface area contributed by atoms with Crippen LogP contribution in [0.1, 0.15) is 0 Å². The summed E-state index contributed by atoms with van der Waals surface area (Å²) >= 11 is 0. The first-order chi connectivity index (χ1) is 3.97. The molecule has 60 valence electrons. The highest BCUT2D eigenvalue weighted by molar-refractivity contribution is 5.85. The third-order valence-electron chi connectivity index (χ3n) is 1.85. The van der Waals surface area contributed by atoms with Crippen molar-refractivity contribution in [3.63, 3.8) is 0 Å². The van der Waals surface area contributed by atoms with Gasteiger partial charge in [-0.2, -0.15) is 0 Å². The summed E-state index contributed by atoms with van der Waals surface area (Å²) in [6.45, 7) is 3.32. The van der Waals surface area contributed by atoms with E-state index in [-0.39, 0.29) is 24.8 Å². The highest BCUT2D eigenvalue weighted by Gasteiger charge is 2.22. The van der Waals surface area contributed by atoms with Gasteiger partial charge in [-0.05, 0) is 5.57 Å². The zero-order valence-corrected chi connectivity index (χ0v) is 7.23. The van der Waals surface area contributed by atoms with E-state index in [9.17, 15) is 0 Å². The monoisotopic (exact) mass is 182 g/mol. The molecule has 1 saturated heterocycles. The van der Waals surface area contributed by atoms with Gasteiger partial charge in [0.1, 0.15) is 0 Å². The zero-order chi connectivity index (χ0) is 5.40. The molecule has 0 aliphatic carbocycles. The highest BCUT2D eigenvalue weighted by Crippen LogP contribution is 2.10. The maximum atomic E-state index is 3.36. The van der Waals surface area contributed by atoms with Crippen molar-refractivity contribution >= 4 is 24.8 Å². The van der Waals surface area contributed by atoms with Crippen LogP contribution >= 0.6 is 24.8 Å². The Hall–Kier alpha value is 0.240. The molecule has 0 aromatic heterocycles. The largest absolute Gasteiger partial charge is 0.311 e. The molecule has 0 spiro atoms. The van der Waals surface area contributed by atoms with Gasteiger partial charge >= 0.3 is 0 Å². The number of hydrogen-bond donors (Lipinski definition) is 2. The van der Waals surface area contributed by atoms with Gasteiger partial charge < -0.3 is 10.6 Å². The molecule has 0 aromatic carbocycles. The number of halogens is 2. The van der Waals surface area contributed by atoms with E-state index in [0.29, 0.717) is 6.04 Å². The molecule has 1 fully saturated rings. The lowest BCUT2D eigenvalue weighted by Gasteiger charge is -2.01. The predicted octanol–water partition coefficient (Wildman–Crippen LogP) is 0.331. The fraction of sp³-hybridized carbons (Fsp3) is 0.667. The van der Waals surface area contributed by atoms with E-state index < -0.39 is 0 Å². The first-order valence-corrected chi connectivity index (χ1v) is 3.10. The van der Waals surface area contributed by atoms with Gasteiger partial charge in [-0.1, -0.05) is 6.08 Å². The molecule has 0 amide bonds. The molecule has 2 aliphatic heterocycles. The molecule has 4 heteroatoms. The summed E-state index contributed by atoms with van der Waals surface area (Å²) in [6, 6.07) is 0.676. The van der Waals surface area contributed by atoms with Gasteiger partial charge in [0.05, 0.1) is 0 Å². The van der Waals surface area contributed by atoms with Crippen LogP contribution in [0.5, 0.6) is 0 Å². The Morgan fingerprint density at radius 3 is 2.90 bits per heavy atom. The molecule has 1 atom stereocenters. The van der Waals surface area contributed by atoms with E-state index in [0.717, 1.165) is 19.6 Å². The minimum Gasteiger partial charge on any atom is -0.311 e. The maximum absolute atomic E-state index is 3.36.